The van der Waals surface area contributed by atoms with Crippen LogP contribution in [0.4, 0.5) is 0 Å². The topological polar surface area (TPSA) is 60.4 Å². The van der Waals surface area contributed by atoms with Crippen LogP contribution >= 0.6 is 0 Å². The molecule has 4 nitrogen and oxygen atoms in total. The molecule has 0 saturated carbocycles. The van der Waals surface area contributed by atoms with Crippen molar-refractivity contribution in [2.45, 2.75) is 6.92 Å². The summed E-state index contributed by atoms with van der Waals surface area (Å²) in [5, 5.41) is 1.58. The molecule has 1 aliphatic heterocycles. The Balaban J connectivity index is 2.27. The van der Waals surface area contributed by atoms with Crippen molar-refractivity contribution in [3.63, 3.8) is 0 Å². The van der Waals surface area contributed by atoms with Crippen LogP contribution in [-0.2, 0) is 9.59 Å². The Bertz CT molecular complexity index is 730. The van der Waals surface area contributed by atoms with E-state index in [4.69, 9.17) is 4.74 Å². The van der Waals surface area contributed by atoms with Gasteiger partial charge in [-0.1, -0.05) is 30.3 Å². The monoisotopic (exact) mass is 254 g/mol. The lowest BCUT2D eigenvalue weighted by Crippen LogP contribution is -2.37. The Hall–Kier alpha value is -2.49. The minimum atomic E-state index is -1.33. The van der Waals surface area contributed by atoms with Crippen LogP contribution in [0.1, 0.15) is 17.3 Å². The Kier molecular flexibility index (Phi) is 2.45. The first kappa shape index (κ1) is 11.6. The third-order valence-corrected chi connectivity index (χ3v) is 3.25. The molecule has 1 unspecified atom stereocenters. The molecule has 94 valence electrons. The maximum absolute atomic E-state index is 12.2. The number of hydrogen-bond acceptors (Lipinski definition) is 4. The normalized spacial score (nSPS) is 18.1. The molecule has 3 rings (SSSR count). The quantitative estimate of drug-likeness (QED) is 0.444. The molecular weight excluding hydrogens is 244 g/mol. The number of Topliss-reactive ketones (excluding diaryl/α,β-unsaturated/α-hetero) is 2. The molecule has 0 spiro atoms. The molecule has 2 aromatic rings. The van der Waals surface area contributed by atoms with E-state index < -0.39 is 23.5 Å². The van der Waals surface area contributed by atoms with Crippen molar-refractivity contribution in [1.29, 1.82) is 0 Å². The van der Waals surface area contributed by atoms with Gasteiger partial charge < -0.3 is 4.74 Å². The van der Waals surface area contributed by atoms with Crippen LogP contribution in [0.2, 0.25) is 0 Å². The van der Waals surface area contributed by atoms with Crippen molar-refractivity contribution in [3.8, 4) is 5.75 Å². The molecule has 0 amide bonds. The van der Waals surface area contributed by atoms with E-state index in [-0.39, 0.29) is 5.75 Å². The largest absolute Gasteiger partial charge is 0.424 e. The van der Waals surface area contributed by atoms with Gasteiger partial charge in [-0.15, -0.1) is 0 Å². The van der Waals surface area contributed by atoms with Crippen LogP contribution in [0.15, 0.2) is 36.4 Å². The summed E-state index contributed by atoms with van der Waals surface area (Å²) in [6, 6.07) is 10.7. The summed E-state index contributed by atoms with van der Waals surface area (Å²) < 4.78 is 5.21. The summed E-state index contributed by atoms with van der Waals surface area (Å²) in [6.45, 7) is 1.22. The van der Waals surface area contributed by atoms with Gasteiger partial charge in [0.2, 0.25) is 0 Å². The minimum Gasteiger partial charge on any atom is -0.424 e. The predicted molar refractivity (Wildman–Crippen MR) is 68.1 cm³/mol. The van der Waals surface area contributed by atoms with Gasteiger partial charge in [0.15, 0.2) is 17.5 Å². The second kappa shape index (κ2) is 4.02. The number of ketones is 2. The standard InChI is InChI=1S/C15H10O4/c1-8(16)12-13(17)11-7-6-9-4-2-3-5-10(9)14(11)19-15(12)18/h2-7,12H,1H3. The van der Waals surface area contributed by atoms with Crippen molar-refractivity contribution in [2.24, 2.45) is 5.92 Å². The fourth-order valence-corrected chi connectivity index (χ4v) is 2.32. The number of fused-ring (bicyclic) bond motifs is 3. The lowest BCUT2D eigenvalue weighted by molar-refractivity contribution is -0.141. The van der Waals surface area contributed by atoms with E-state index >= 15 is 0 Å². The van der Waals surface area contributed by atoms with Crippen LogP contribution in [-0.4, -0.2) is 17.5 Å². The van der Waals surface area contributed by atoms with Gasteiger partial charge in [0.05, 0.1) is 5.56 Å². The zero-order valence-corrected chi connectivity index (χ0v) is 10.2. The van der Waals surface area contributed by atoms with Crippen LogP contribution in [0, 0.1) is 5.92 Å². The van der Waals surface area contributed by atoms with Crippen LogP contribution in [0.5, 0.6) is 5.75 Å². The third kappa shape index (κ3) is 1.64. The van der Waals surface area contributed by atoms with Gasteiger partial charge in [-0.05, 0) is 18.4 Å². The molecule has 0 N–H and O–H groups in total. The zero-order chi connectivity index (χ0) is 13.6. The second-order valence-corrected chi connectivity index (χ2v) is 4.49. The first-order valence-electron chi connectivity index (χ1n) is 5.87. The highest BCUT2D eigenvalue weighted by atomic mass is 16.5. The molecule has 0 radical (unpaired) electrons. The average Bonchev–Trinajstić information content (AvgIpc) is 2.38. The van der Waals surface area contributed by atoms with Crippen molar-refractivity contribution < 1.29 is 19.1 Å². The molecule has 1 aliphatic rings. The summed E-state index contributed by atoms with van der Waals surface area (Å²) in [4.78, 5) is 35.4. The van der Waals surface area contributed by atoms with E-state index in [1.807, 2.05) is 12.1 Å². The summed E-state index contributed by atoms with van der Waals surface area (Å²) >= 11 is 0. The number of carbonyl (C=O) groups is 3. The SMILES string of the molecule is CC(=O)C1C(=O)Oc2c(ccc3ccccc23)C1=O. The molecule has 1 heterocycles. The van der Waals surface area contributed by atoms with Gasteiger partial charge in [-0.2, -0.15) is 0 Å². The van der Waals surface area contributed by atoms with Gasteiger partial charge in [0.25, 0.3) is 0 Å². The molecule has 4 heteroatoms. The van der Waals surface area contributed by atoms with Crippen molar-refractivity contribution in [1.82, 2.24) is 0 Å². The second-order valence-electron chi connectivity index (χ2n) is 4.49. The smallest absolute Gasteiger partial charge is 0.329 e. The minimum absolute atomic E-state index is 0.255. The van der Waals surface area contributed by atoms with Gasteiger partial charge >= 0.3 is 5.97 Å². The number of hydrogen-bond donors (Lipinski definition) is 0. The van der Waals surface area contributed by atoms with Gasteiger partial charge in [0, 0.05) is 5.39 Å². The Morgan fingerprint density at radius 3 is 2.58 bits per heavy atom. The van der Waals surface area contributed by atoms with E-state index in [1.165, 1.54) is 6.92 Å². The molecule has 0 fully saturated rings. The van der Waals surface area contributed by atoms with E-state index in [1.54, 1.807) is 24.3 Å². The Morgan fingerprint density at radius 1 is 1.11 bits per heavy atom. The zero-order valence-electron chi connectivity index (χ0n) is 10.2. The van der Waals surface area contributed by atoms with Gasteiger partial charge in [-0.3, -0.25) is 14.4 Å². The van der Waals surface area contributed by atoms with E-state index in [0.29, 0.717) is 10.9 Å². The Morgan fingerprint density at radius 2 is 1.84 bits per heavy atom. The summed E-state index contributed by atoms with van der Waals surface area (Å²) in [5.74, 6) is -2.83. The highest BCUT2D eigenvalue weighted by molar-refractivity contribution is 6.26. The van der Waals surface area contributed by atoms with Crippen LogP contribution < -0.4 is 4.74 Å². The number of rotatable bonds is 1. The molecule has 2 aromatic carbocycles. The molecule has 1 atom stereocenters. The van der Waals surface area contributed by atoms with Crippen molar-refractivity contribution in [2.75, 3.05) is 0 Å². The van der Waals surface area contributed by atoms with Gasteiger partial charge in [-0.25, -0.2) is 0 Å². The van der Waals surface area contributed by atoms with E-state index in [9.17, 15) is 14.4 Å². The fourth-order valence-electron chi connectivity index (χ4n) is 2.32. The molecule has 0 saturated heterocycles. The van der Waals surface area contributed by atoms with Gasteiger partial charge in [0.1, 0.15) is 5.75 Å². The lowest BCUT2D eigenvalue weighted by Gasteiger charge is -2.21. The number of carbonyl (C=O) groups excluding carboxylic acids is 3. The highest BCUT2D eigenvalue weighted by Gasteiger charge is 2.40. The summed E-state index contributed by atoms with van der Waals surface area (Å²) in [6.07, 6.45) is 0. The number of ether oxygens (including phenoxy) is 1. The maximum atomic E-state index is 12.2. The highest BCUT2D eigenvalue weighted by Crippen LogP contribution is 2.35. The number of esters is 1. The summed E-state index contributed by atoms with van der Waals surface area (Å²) in [7, 11) is 0. The van der Waals surface area contributed by atoms with Crippen LogP contribution in [0.25, 0.3) is 10.8 Å². The maximum Gasteiger partial charge on any atom is 0.329 e. The molecule has 0 aromatic heterocycles. The molecule has 0 bridgehead atoms. The lowest BCUT2D eigenvalue weighted by atomic mass is 9.90. The van der Waals surface area contributed by atoms with Crippen LogP contribution in [0.3, 0.4) is 0 Å². The Labute approximate surface area is 109 Å². The van der Waals surface area contributed by atoms with E-state index in [2.05, 4.69) is 0 Å². The van der Waals surface area contributed by atoms with Crippen molar-refractivity contribution >= 4 is 28.3 Å². The van der Waals surface area contributed by atoms with Crippen molar-refractivity contribution in [3.05, 3.63) is 42.0 Å². The summed E-state index contributed by atoms with van der Waals surface area (Å²) in [5.41, 5.74) is 0.290. The average molecular weight is 254 g/mol. The first-order valence-corrected chi connectivity index (χ1v) is 5.87. The molecule has 0 aliphatic carbocycles. The van der Waals surface area contributed by atoms with E-state index in [0.717, 1.165) is 5.39 Å². The first-order chi connectivity index (χ1) is 9.09. The predicted octanol–water partition coefficient (Wildman–Crippen LogP) is 2.15. The third-order valence-electron chi connectivity index (χ3n) is 3.25. The number of benzene rings is 2. The molecular formula is C15H10O4. The fraction of sp³-hybridized carbons (Fsp3) is 0.133. The molecule has 19 heavy (non-hydrogen) atoms.